The van der Waals surface area contributed by atoms with Crippen molar-refractivity contribution in [3.05, 3.63) is 24.3 Å². The Morgan fingerprint density at radius 3 is 2.38 bits per heavy atom. The molecule has 0 fully saturated rings. The average Bonchev–Trinajstić information content (AvgIpc) is 2.19. The molecule has 0 aliphatic carbocycles. The second-order valence-electron chi connectivity index (χ2n) is 1.98. The van der Waals surface area contributed by atoms with E-state index in [4.69, 9.17) is 10.00 Å². The quantitative estimate of drug-likeness (QED) is 0.445. The predicted molar refractivity (Wildman–Crippen MR) is 54.6 cm³/mol. The molecule has 0 bridgehead atoms. The third kappa shape index (κ3) is 4.28. The van der Waals surface area contributed by atoms with Crippen molar-refractivity contribution < 1.29 is 4.74 Å². The van der Waals surface area contributed by atoms with Crippen LogP contribution in [-0.4, -0.2) is 13.4 Å². The van der Waals surface area contributed by atoms with Gasteiger partial charge in [-0.15, -0.1) is 11.8 Å². The number of rotatable bonds is 2. The van der Waals surface area contributed by atoms with E-state index >= 15 is 0 Å². The fourth-order valence-corrected chi connectivity index (χ4v) is 1.35. The maximum atomic E-state index is 7.10. The molecule has 0 saturated heterocycles. The van der Waals surface area contributed by atoms with Gasteiger partial charge in [0.05, 0.1) is 7.11 Å². The molecule has 0 saturated carbocycles. The van der Waals surface area contributed by atoms with Crippen LogP contribution in [0.4, 0.5) is 0 Å². The summed E-state index contributed by atoms with van der Waals surface area (Å²) < 4.78 is 5.12. The first-order chi connectivity index (χ1) is 6.29. The Kier molecular flexibility index (Phi) is 6.56. The molecule has 0 aliphatic rings. The standard InChI is InChI=1S/C8H10OS.CH2N2/c1-9-7-5-3-4-6-8(7)10-2;2-1-3/h3-6H,1-2H3;2H2. The second kappa shape index (κ2) is 7.32. The molecular formula is C9H12N2OS. The monoisotopic (exact) mass is 196 g/mol. The molecule has 4 heteroatoms. The smallest absolute Gasteiger partial charge is 0.173 e. The van der Waals surface area contributed by atoms with Crippen molar-refractivity contribution in [2.75, 3.05) is 13.4 Å². The lowest BCUT2D eigenvalue weighted by molar-refractivity contribution is 0.405. The van der Waals surface area contributed by atoms with Crippen LogP contribution in [0, 0.1) is 11.5 Å². The lowest BCUT2D eigenvalue weighted by atomic mass is 10.3. The number of methoxy groups -OCH3 is 1. The minimum absolute atomic E-state index is 0.954. The van der Waals surface area contributed by atoms with Crippen molar-refractivity contribution in [1.29, 1.82) is 5.26 Å². The molecule has 70 valence electrons. The minimum atomic E-state index is 0.954. The largest absolute Gasteiger partial charge is 0.496 e. The molecule has 1 rings (SSSR count). The Labute approximate surface area is 82.5 Å². The number of para-hydroxylation sites is 1. The van der Waals surface area contributed by atoms with Crippen LogP contribution in [-0.2, 0) is 0 Å². The van der Waals surface area contributed by atoms with Crippen LogP contribution < -0.4 is 10.5 Å². The maximum absolute atomic E-state index is 7.10. The van der Waals surface area contributed by atoms with E-state index in [0.717, 1.165) is 5.75 Å². The summed E-state index contributed by atoms with van der Waals surface area (Å²) in [6.07, 6.45) is 3.29. The van der Waals surface area contributed by atoms with Gasteiger partial charge in [-0.2, -0.15) is 5.26 Å². The zero-order chi connectivity index (χ0) is 10.1. The first kappa shape index (κ1) is 11.7. The summed E-state index contributed by atoms with van der Waals surface area (Å²) in [7, 11) is 1.69. The average molecular weight is 196 g/mol. The first-order valence-electron chi connectivity index (χ1n) is 3.56. The van der Waals surface area contributed by atoms with Crippen LogP contribution in [0.2, 0.25) is 0 Å². The van der Waals surface area contributed by atoms with Crippen LogP contribution >= 0.6 is 11.8 Å². The summed E-state index contributed by atoms with van der Waals surface area (Å²) in [6.45, 7) is 0. The zero-order valence-corrected chi connectivity index (χ0v) is 8.47. The number of thioether (sulfide) groups is 1. The summed E-state index contributed by atoms with van der Waals surface area (Å²) in [5, 5.41) is 7.10. The fourth-order valence-electron chi connectivity index (χ4n) is 0.787. The Balaban J connectivity index is 0.000000424. The fraction of sp³-hybridized carbons (Fsp3) is 0.222. The van der Waals surface area contributed by atoms with Crippen molar-refractivity contribution in [3.8, 4) is 11.9 Å². The summed E-state index contributed by atoms with van der Waals surface area (Å²) in [4.78, 5) is 1.19. The number of nitrogens with two attached hydrogens (primary N) is 1. The molecule has 0 unspecified atom stereocenters. The van der Waals surface area contributed by atoms with Crippen molar-refractivity contribution in [1.82, 2.24) is 0 Å². The summed E-state index contributed by atoms with van der Waals surface area (Å²) in [5.74, 6) is 0.954. The maximum Gasteiger partial charge on any atom is 0.173 e. The lowest BCUT2D eigenvalue weighted by Gasteiger charge is -2.03. The van der Waals surface area contributed by atoms with E-state index < -0.39 is 0 Å². The van der Waals surface area contributed by atoms with Gasteiger partial charge in [-0.25, -0.2) is 0 Å². The zero-order valence-electron chi connectivity index (χ0n) is 7.65. The molecule has 1 aromatic rings. The minimum Gasteiger partial charge on any atom is -0.496 e. The highest BCUT2D eigenvalue weighted by molar-refractivity contribution is 7.98. The van der Waals surface area contributed by atoms with Gasteiger partial charge in [0.1, 0.15) is 5.75 Å². The van der Waals surface area contributed by atoms with Gasteiger partial charge >= 0.3 is 0 Å². The van der Waals surface area contributed by atoms with Gasteiger partial charge < -0.3 is 10.5 Å². The van der Waals surface area contributed by atoms with Crippen molar-refractivity contribution >= 4 is 11.8 Å². The van der Waals surface area contributed by atoms with Crippen molar-refractivity contribution in [2.24, 2.45) is 5.73 Å². The van der Waals surface area contributed by atoms with Gasteiger partial charge in [0, 0.05) is 4.90 Å². The van der Waals surface area contributed by atoms with Crippen LogP contribution in [0.5, 0.6) is 5.75 Å². The van der Waals surface area contributed by atoms with Crippen LogP contribution in [0.25, 0.3) is 0 Å². The van der Waals surface area contributed by atoms with Gasteiger partial charge in [0.15, 0.2) is 6.19 Å². The van der Waals surface area contributed by atoms with Gasteiger partial charge in [0.2, 0.25) is 0 Å². The highest BCUT2D eigenvalue weighted by Crippen LogP contribution is 2.25. The number of benzene rings is 1. The van der Waals surface area contributed by atoms with Crippen LogP contribution in [0.3, 0.4) is 0 Å². The molecule has 0 spiro atoms. The number of ether oxygens (including phenoxy) is 1. The normalized spacial score (nSPS) is 7.77. The number of hydrogen-bond donors (Lipinski definition) is 1. The molecule has 0 amide bonds. The topological polar surface area (TPSA) is 59.0 Å². The van der Waals surface area contributed by atoms with E-state index in [0.29, 0.717) is 0 Å². The molecule has 0 aliphatic heterocycles. The number of hydrogen-bond acceptors (Lipinski definition) is 4. The predicted octanol–water partition coefficient (Wildman–Crippen LogP) is 1.84. The SMILES string of the molecule is COc1ccccc1SC.N#CN. The van der Waals surface area contributed by atoms with Gasteiger partial charge in [0.25, 0.3) is 0 Å². The molecular weight excluding hydrogens is 184 g/mol. The molecule has 0 heterocycles. The molecule has 1 aromatic carbocycles. The summed E-state index contributed by atoms with van der Waals surface area (Å²) in [6, 6.07) is 7.99. The van der Waals surface area contributed by atoms with Gasteiger partial charge in [-0.1, -0.05) is 12.1 Å². The molecule has 0 atom stereocenters. The second-order valence-corrected chi connectivity index (χ2v) is 2.83. The Bertz CT molecular complexity index is 260. The highest BCUT2D eigenvalue weighted by Gasteiger charge is 1.96. The van der Waals surface area contributed by atoms with E-state index in [-0.39, 0.29) is 0 Å². The van der Waals surface area contributed by atoms with E-state index in [1.54, 1.807) is 18.9 Å². The third-order valence-corrected chi connectivity index (χ3v) is 2.07. The van der Waals surface area contributed by atoms with Gasteiger partial charge in [-0.3, -0.25) is 0 Å². The van der Waals surface area contributed by atoms with E-state index in [2.05, 4.69) is 5.73 Å². The summed E-state index contributed by atoms with van der Waals surface area (Å²) in [5.41, 5.74) is 4.15. The molecule has 3 nitrogen and oxygen atoms in total. The lowest BCUT2D eigenvalue weighted by Crippen LogP contribution is -1.83. The van der Waals surface area contributed by atoms with E-state index in [1.807, 2.05) is 30.5 Å². The van der Waals surface area contributed by atoms with E-state index in [9.17, 15) is 0 Å². The molecule has 2 N–H and O–H groups in total. The van der Waals surface area contributed by atoms with Gasteiger partial charge in [-0.05, 0) is 18.4 Å². The van der Waals surface area contributed by atoms with Crippen molar-refractivity contribution in [2.45, 2.75) is 4.90 Å². The van der Waals surface area contributed by atoms with Crippen LogP contribution in [0.1, 0.15) is 0 Å². The molecule has 13 heavy (non-hydrogen) atoms. The number of nitriles is 1. The van der Waals surface area contributed by atoms with Crippen molar-refractivity contribution in [3.63, 3.8) is 0 Å². The van der Waals surface area contributed by atoms with Crippen LogP contribution in [0.15, 0.2) is 29.2 Å². The third-order valence-electron chi connectivity index (χ3n) is 1.29. The summed E-state index contributed by atoms with van der Waals surface area (Å²) >= 11 is 1.69. The first-order valence-corrected chi connectivity index (χ1v) is 4.79. The highest BCUT2D eigenvalue weighted by atomic mass is 32.2. The molecule has 0 aromatic heterocycles. The Morgan fingerprint density at radius 2 is 2.00 bits per heavy atom. The number of nitrogens with zero attached hydrogens (tertiary/aromatic N) is 1. The van der Waals surface area contributed by atoms with E-state index in [1.165, 1.54) is 11.1 Å². The Morgan fingerprint density at radius 1 is 1.46 bits per heavy atom. The Hall–Kier alpha value is -1.34. The molecule has 0 radical (unpaired) electrons.